The van der Waals surface area contributed by atoms with Gasteiger partial charge in [-0.25, -0.2) is 9.78 Å². The van der Waals surface area contributed by atoms with Crippen molar-refractivity contribution in [2.75, 3.05) is 5.32 Å². The summed E-state index contributed by atoms with van der Waals surface area (Å²) in [6, 6.07) is 9.18. The molecular formula is C20H11Cl2F3N4O5. The summed E-state index contributed by atoms with van der Waals surface area (Å²) in [4.78, 5) is 38.5. The molecule has 0 aliphatic heterocycles. The molecule has 0 atom stereocenters. The molecule has 14 heteroatoms. The summed E-state index contributed by atoms with van der Waals surface area (Å²) >= 11 is 11.7. The van der Waals surface area contributed by atoms with Crippen LogP contribution in [0.1, 0.15) is 15.9 Å². The number of nitro groups is 1. The molecule has 0 spiro atoms. The molecule has 3 rings (SSSR count). The number of alkyl halides is 3. The Balaban J connectivity index is 1.87. The Morgan fingerprint density at radius 1 is 1.03 bits per heavy atom. The minimum absolute atomic E-state index is 0.197. The van der Waals surface area contributed by atoms with Crippen molar-refractivity contribution in [1.82, 2.24) is 10.3 Å². The molecule has 1 heterocycles. The number of benzene rings is 2. The summed E-state index contributed by atoms with van der Waals surface area (Å²) in [7, 11) is 0. The number of nitrogens with zero attached hydrogens (tertiary/aromatic N) is 2. The molecule has 34 heavy (non-hydrogen) atoms. The maximum Gasteiger partial charge on any atom is 0.421 e. The van der Waals surface area contributed by atoms with Crippen molar-refractivity contribution in [2.24, 2.45) is 0 Å². The number of nitro benzene ring substituents is 1. The lowest BCUT2D eigenvalue weighted by Crippen LogP contribution is -2.34. The Kier molecular flexibility index (Phi) is 7.23. The topological polar surface area (TPSA) is 123 Å². The number of hydrogen-bond acceptors (Lipinski definition) is 6. The third-order valence-electron chi connectivity index (χ3n) is 4.12. The van der Waals surface area contributed by atoms with E-state index in [2.05, 4.69) is 10.3 Å². The van der Waals surface area contributed by atoms with Crippen molar-refractivity contribution in [3.8, 4) is 11.6 Å². The third-order valence-corrected chi connectivity index (χ3v) is 4.63. The number of carbonyl (C=O) groups excluding carboxylic acids is 2. The first kappa shape index (κ1) is 24.7. The lowest BCUT2D eigenvalue weighted by molar-refractivity contribution is -0.385. The largest absolute Gasteiger partial charge is 0.435 e. The number of urea groups is 1. The standard InChI is InChI=1S/C20H11Cl2F3N4O5/c21-12-5-3-6-13(16(12)34-18-11(20(23,24)25)8-9-15(22)27-18)26-19(31)28-17(30)10-4-1-2-7-14(10)29(32)33/h1-9H,(H2,26,28,30,31). The summed E-state index contributed by atoms with van der Waals surface area (Å²) in [6.45, 7) is 0. The van der Waals surface area contributed by atoms with Crippen LogP contribution < -0.4 is 15.4 Å². The van der Waals surface area contributed by atoms with Gasteiger partial charge in [0, 0.05) is 6.07 Å². The summed E-state index contributed by atoms with van der Waals surface area (Å²) in [5, 5.41) is 14.7. The van der Waals surface area contributed by atoms with Crippen LogP contribution in [0.4, 0.5) is 29.3 Å². The van der Waals surface area contributed by atoms with Crippen LogP contribution >= 0.6 is 23.2 Å². The average molecular weight is 515 g/mol. The highest BCUT2D eigenvalue weighted by atomic mass is 35.5. The van der Waals surface area contributed by atoms with Crippen LogP contribution in [0.25, 0.3) is 0 Å². The maximum atomic E-state index is 13.3. The molecule has 0 aliphatic rings. The molecule has 0 fully saturated rings. The van der Waals surface area contributed by atoms with E-state index in [9.17, 15) is 32.9 Å². The number of hydrogen-bond donors (Lipinski definition) is 2. The van der Waals surface area contributed by atoms with E-state index in [0.717, 1.165) is 18.2 Å². The number of amides is 3. The Morgan fingerprint density at radius 3 is 2.41 bits per heavy atom. The number of rotatable bonds is 5. The van der Waals surface area contributed by atoms with Gasteiger partial charge in [0.15, 0.2) is 5.75 Å². The molecule has 0 saturated carbocycles. The molecule has 2 aromatic carbocycles. The van der Waals surface area contributed by atoms with E-state index in [1.54, 1.807) is 0 Å². The second kappa shape index (κ2) is 9.93. The molecule has 0 radical (unpaired) electrons. The molecule has 0 unspecified atom stereocenters. The zero-order chi connectivity index (χ0) is 25.0. The summed E-state index contributed by atoms with van der Waals surface area (Å²) in [5.74, 6) is -2.43. The molecule has 0 saturated heterocycles. The van der Waals surface area contributed by atoms with Crippen molar-refractivity contribution in [1.29, 1.82) is 0 Å². The SMILES string of the molecule is O=C(NC(=O)c1ccccc1[N+](=O)[O-])Nc1cccc(Cl)c1Oc1nc(Cl)ccc1C(F)(F)F. The molecular weight excluding hydrogens is 504 g/mol. The number of para-hydroxylation sites is 2. The van der Waals surface area contributed by atoms with E-state index in [1.807, 2.05) is 5.32 Å². The van der Waals surface area contributed by atoms with Gasteiger partial charge in [0.05, 0.1) is 15.6 Å². The van der Waals surface area contributed by atoms with Crippen LogP contribution in [0.3, 0.4) is 0 Å². The summed E-state index contributed by atoms with van der Waals surface area (Å²) in [6.07, 6.45) is -4.84. The lowest BCUT2D eigenvalue weighted by Gasteiger charge is -2.16. The Labute approximate surface area is 198 Å². The number of aromatic nitrogens is 1. The van der Waals surface area contributed by atoms with Gasteiger partial charge in [-0.15, -0.1) is 0 Å². The van der Waals surface area contributed by atoms with Crippen molar-refractivity contribution in [2.45, 2.75) is 6.18 Å². The van der Waals surface area contributed by atoms with Crippen molar-refractivity contribution < 1.29 is 32.4 Å². The summed E-state index contributed by atoms with van der Waals surface area (Å²) in [5.41, 5.74) is -2.40. The quantitative estimate of drug-likeness (QED) is 0.242. The predicted molar refractivity (Wildman–Crippen MR) is 115 cm³/mol. The van der Waals surface area contributed by atoms with E-state index in [1.165, 1.54) is 30.3 Å². The number of imide groups is 1. The van der Waals surface area contributed by atoms with Gasteiger partial charge in [0.25, 0.3) is 11.6 Å². The van der Waals surface area contributed by atoms with Gasteiger partial charge < -0.3 is 10.1 Å². The van der Waals surface area contributed by atoms with Crippen molar-refractivity contribution in [3.63, 3.8) is 0 Å². The Bertz CT molecular complexity index is 1290. The highest BCUT2D eigenvalue weighted by Crippen LogP contribution is 2.41. The fourth-order valence-electron chi connectivity index (χ4n) is 2.67. The van der Waals surface area contributed by atoms with E-state index in [-0.39, 0.29) is 21.4 Å². The molecule has 2 N–H and O–H groups in total. The van der Waals surface area contributed by atoms with E-state index in [0.29, 0.717) is 6.07 Å². The van der Waals surface area contributed by atoms with Crippen LogP contribution in [0.2, 0.25) is 10.2 Å². The van der Waals surface area contributed by atoms with Gasteiger partial charge in [-0.05, 0) is 30.3 Å². The minimum atomic E-state index is -4.84. The highest BCUT2D eigenvalue weighted by Gasteiger charge is 2.36. The lowest BCUT2D eigenvalue weighted by atomic mass is 10.1. The number of anilines is 1. The van der Waals surface area contributed by atoms with Crippen LogP contribution in [0.15, 0.2) is 54.6 Å². The van der Waals surface area contributed by atoms with Crippen molar-refractivity contribution in [3.05, 3.63) is 86.0 Å². The first-order chi connectivity index (χ1) is 16.0. The van der Waals surface area contributed by atoms with E-state index < -0.39 is 45.9 Å². The smallest absolute Gasteiger partial charge is 0.421 e. The number of ether oxygens (including phenoxy) is 1. The van der Waals surface area contributed by atoms with Crippen LogP contribution in [-0.2, 0) is 6.18 Å². The third kappa shape index (κ3) is 5.71. The fourth-order valence-corrected chi connectivity index (χ4v) is 3.02. The molecule has 176 valence electrons. The monoisotopic (exact) mass is 514 g/mol. The van der Waals surface area contributed by atoms with Gasteiger partial charge in [-0.2, -0.15) is 13.2 Å². The number of halogens is 5. The van der Waals surface area contributed by atoms with Crippen LogP contribution in [0.5, 0.6) is 11.6 Å². The maximum absolute atomic E-state index is 13.3. The number of carbonyl (C=O) groups is 2. The van der Waals surface area contributed by atoms with Gasteiger partial charge >= 0.3 is 12.2 Å². The Morgan fingerprint density at radius 2 is 1.74 bits per heavy atom. The normalized spacial score (nSPS) is 11.0. The molecule has 3 amide bonds. The zero-order valence-corrected chi connectivity index (χ0v) is 18.0. The molecule has 0 aliphatic carbocycles. The van der Waals surface area contributed by atoms with Gasteiger partial charge in [0.2, 0.25) is 5.88 Å². The number of nitrogens with one attached hydrogen (secondary N) is 2. The Hall–Kier alpha value is -3.90. The average Bonchev–Trinajstić information content (AvgIpc) is 2.75. The minimum Gasteiger partial charge on any atom is -0.435 e. The summed E-state index contributed by atoms with van der Waals surface area (Å²) < 4.78 is 45.2. The molecule has 1 aromatic heterocycles. The first-order valence-corrected chi connectivity index (χ1v) is 9.79. The van der Waals surface area contributed by atoms with Crippen LogP contribution in [0, 0.1) is 10.1 Å². The predicted octanol–water partition coefficient (Wildman–Crippen LogP) is 6.07. The second-order valence-electron chi connectivity index (χ2n) is 6.39. The molecule has 9 nitrogen and oxygen atoms in total. The van der Waals surface area contributed by atoms with Gasteiger partial charge in [-0.3, -0.25) is 20.2 Å². The van der Waals surface area contributed by atoms with Gasteiger partial charge in [-0.1, -0.05) is 41.4 Å². The fraction of sp³-hybridized carbons (Fsp3) is 0.0500. The second-order valence-corrected chi connectivity index (χ2v) is 7.18. The van der Waals surface area contributed by atoms with E-state index >= 15 is 0 Å². The molecule has 3 aromatic rings. The molecule has 0 bridgehead atoms. The van der Waals surface area contributed by atoms with E-state index in [4.69, 9.17) is 27.9 Å². The van der Waals surface area contributed by atoms with Crippen LogP contribution in [-0.4, -0.2) is 21.8 Å². The van der Waals surface area contributed by atoms with Gasteiger partial charge in [0.1, 0.15) is 16.3 Å². The zero-order valence-electron chi connectivity index (χ0n) is 16.5. The van der Waals surface area contributed by atoms with Crippen molar-refractivity contribution >= 4 is 46.5 Å². The first-order valence-electron chi connectivity index (χ1n) is 9.03. The highest BCUT2D eigenvalue weighted by molar-refractivity contribution is 6.32. The number of pyridine rings is 1.